The number of hydrogen-bond donors (Lipinski definition) is 2. The molecule has 2 aromatic rings. The van der Waals surface area contributed by atoms with Crippen LogP contribution in [0.2, 0.25) is 0 Å². The highest BCUT2D eigenvalue weighted by Gasteiger charge is 2.15. The predicted molar refractivity (Wildman–Crippen MR) is 72.6 cm³/mol. The molecule has 0 aromatic carbocycles. The number of thiophene rings is 1. The Bertz CT molecular complexity index is 466. The van der Waals surface area contributed by atoms with Crippen LogP contribution >= 0.6 is 38.6 Å². The van der Waals surface area contributed by atoms with Gasteiger partial charge in [-0.05, 0) is 34.3 Å². The third-order valence-electron chi connectivity index (χ3n) is 2.26. The Morgan fingerprint density at radius 1 is 1.62 bits per heavy atom. The van der Waals surface area contributed by atoms with E-state index in [4.69, 9.17) is 5.84 Å². The van der Waals surface area contributed by atoms with Crippen molar-refractivity contribution in [2.24, 2.45) is 5.84 Å². The van der Waals surface area contributed by atoms with Crippen LogP contribution < -0.4 is 11.3 Å². The molecule has 3 N–H and O–H groups in total. The van der Waals surface area contributed by atoms with E-state index in [2.05, 4.69) is 37.8 Å². The Kier molecular flexibility index (Phi) is 4.10. The van der Waals surface area contributed by atoms with Gasteiger partial charge in [-0.15, -0.1) is 22.7 Å². The molecule has 0 spiro atoms. The minimum Gasteiger partial charge on any atom is -0.271 e. The highest BCUT2D eigenvalue weighted by molar-refractivity contribution is 9.10. The van der Waals surface area contributed by atoms with Crippen LogP contribution in [-0.4, -0.2) is 4.98 Å². The summed E-state index contributed by atoms with van der Waals surface area (Å²) in [5.41, 5.74) is 2.85. The van der Waals surface area contributed by atoms with Gasteiger partial charge in [-0.25, -0.2) is 4.98 Å². The Morgan fingerprint density at radius 2 is 2.44 bits per heavy atom. The van der Waals surface area contributed by atoms with E-state index in [-0.39, 0.29) is 6.04 Å². The smallest absolute Gasteiger partial charge is 0.0897 e. The van der Waals surface area contributed by atoms with Gasteiger partial charge in [0, 0.05) is 26.8 Å². The summed E-state index contributed by atoms with van der Waals surface area (Å²) in [5.74, 6) is 5.60. The lowest BCUT2D eigenvalue weighted by molar-refractivity contribution is 0.563. The third-order valence-corrected chi connectivity index (χ3v) is 5.24. The Morgan fingerprint density at radius 3 is 2.94 bits per heavy atom. The molecule has 2 rings (SSSR count). The summed E-state index contributed by atoms with van der Waals surface area (Å²) in [6.07, 6.45) is 2.78. The second-order valence-corrected chi connectivity index (χ2v) is 6.52. The lowest BCUT2D eigenvalue weighted by atomic mass is 10.2. The lowest BCUT2D eigenvalue weighted by Gasteiger charge is -2.12. The molecule has 0 bridgehead atoms. The number of hydrogen-bond acceptors (Lipinski definition) is 5. The minimum atomic E-state index is 0.140. The second kappa shape index (κ2) is 5.37. The molecule has 0 amide bonds. The maximum atomic E-state index is 5.60. The fourth-order valence-electron chi connectivity index (χ4n) is 1.44. The highest BCUT2D eigenvalue weighted by Crippen LogP contribution is 2.29. The Hall–Kier alpha value is -0.270. The van der Waals surface area contributed by atoms with Crippen molar-refractivity contribution in [1.29, 1.82) is 0 Å². The van der Waals surface area contributed by atoms with E-state index in [9.17, 15) is 0 Å². The van der Waals surface area contributed by atoms with Crippen LogP contribution in [0.25, 0.3) is 0 Å². The van der Waals surface area contributed by atoms with E-state index in [0.29, 0.717) is 0 Å². The summed E-state index contributed by atoms with van der Waals surface area (Å²) in [6.45, 7) is 2.00. The number of aryl methyl sites for hydroxylation is 1. The molecule has 2 aromatic heterocycles. The van der Waals surface area contributed by atoms with Crippen LogP contribution in [0.15, 0.2) is 22.1 Å². The molecule has 0 aliphatic carbocycles. The highest BCUT2D eigenvalue weighted by atomic mass is 79.9. The standard InChI is InChI=1S/C10H12BrN3S2/c1-6-13-5-10(16-6)8(14-12)4-9-7(11)2-3-15-9/h2-3,5,8,14H,4,12H2,1H3. The van der Waals surface area contributed by atoms with Gasteiger partial charge in [0.2, 0.25) is 0 Å². The van der Waals surface area contributed by atoms with Crippen molar-refractivity contribution in [1.82, 2.24) is 10.4 Å². The van der Waals surface area contributed by atoms with E-state index in [1.54, 1.807) is 22.7 Å². The minimum absolute atomic E-state index is 0.140. The maximum absolute atomic E-state index is 5.60. The van der Waals surface area contributed by atoms with E-state index >= 15 is 0 Å². The molecule has 86 valence electrons. The molecule has 16 heavy (non-hydrogen) atoms. The molecular weight excluding hydrogens is 306 g/mol. The number of nitrogens with one attached hydrogen (secondary N) is 1. The van der Waals surface area contributed by atoms with Gasteiger partial charge in [-0.3, -0.25) is 11.3 Å². The van der Waals surface area contributed by atoms with Gasteiger partial charge in [0.05, 0.1) is 11.0 Å². The summed E-state index contributed by atoms with van der Waals surface area (Å²) in [4.78, 5) is 6.73. The van der Waals surface area contributed by atoms with Crippen LogP contribution in [0.4, 0.5) is 0 Å². The van der Waals surface area contributed by atoms with Crippen molar-refractivity contribution in [2.75, 3.05) is 0 Å². The van der Waals surface area contributed by atoms with Crippen molar-refractivity contribution in [3.63, 3.8) is 0 Å². The zero-order valence-electron chi connectivity index (χ0n) is 8.74. The fourth-order valence-corrected chi connectivity index (χ4v) is 3.84. The molecule has 0 radical (unpaired) electrons. The lowest BCUT2D eigenvalue weighted by Crippen LogP contribution is -2.28. The van der Waals surface area contributed by atoms with E-state index in [0.717, 1.165) is 15.9 Å². The van der Waals surface area contributed by atoms with Crippen molar-refractivity contribution in [3.8, 4) is 0 Å². The van der Waals surface area contributed by atoms with E-state index in [1.165, 1.54) is 9.75 Å². The predicted octanol–water partition coefficient (Wildman–Crippen LogP) is 3.02. The number of thiazole rings is 1. The normalized spacial score (nSPS) is 12.9. The van der Waals surface area contributed by atoms with E-state index < -0.39 is 0 Å². The number of rotatable bonds is 4. The molecule has 0 saturated carbocycles. The van der Waals surface area contributed by atoms with Crippen molar-refractivity contribution >= 4 is 38.6 Å². The largest absolute Gasteiger partial charge is 0.271 e. The van der Waals surface area contributed by atoms with Crippen LogP contribution in [-0.2, 0) is 6.42 Å². The molecule has 1 unspecified atom stereocenters. The topological polar surface area (TPSA) is 50.9 Å². The maximum Gasteiger partial charge on any atom is 0.0897 e. The van der Waals surface area contributed by atoms with Gasteiger partial charge in [0.25, 0.3) is 0 Å². The molecule has 1 atom stereocenters. The Balaban J connectivity index is 2.15. The van der Waals surface area contributed by atoms with Crippen LogP contribution in [0.1, 0.15) is 20.8 Å². The number of halogens is 1. The number of nitrogens with zero attached hydrogens (tertiary/aromatic N) is 1. The first kappa shape index (κ1) is 12.2. The summed E-state index contributed by atoms with van der Waals surface area (Å²) in [6, 6.07) is 2.20. The van der Waals surface area contributed by atoms with E-state index in [1.807, 2.05) is 13.1 Å². The van der Waals surface area contributed by atoms with Crippen molar-refractivity contribution in [2.45, 2.75) is 19.4 Å². The first-order valence-corrected chi connectivity index (χ1v) is 7.30. The second-order valence-electron chi connectivity index (χ2n) is 3.40. The summed E-state index contributed by atoms with van der Waals surface area (Å²) < 4.78 is 1.15. The third kappa shape index (κ3) is 2.70. The zero-order chi connectivity index (χ0) is 11.5. The molecular formula is C10H12BrN3S2. The summed E-state index contributed by atoms with van der Waals surface area (Å²) in [7, 11) is 0. The van der Waals surface area contributed by atoms with Gasteiger partial charge in [-0.2, -0.15) is 0 Å². The average Bonchev–Trinajstić information content (AvgIpc) is 2.85. The Labute approximate surface area is 111 Å². The molecule has 3 nitrogen and oxygen atoms in total. The van der Waals surface area contributed by atoms with Crippen LogP contribution in [0.3, 0.4) is 0 Å². The molecule has 0 aliphatic heterocycles. The number of nitrogens with two attached hydrogens (primary N) is 1. The van der Waals surface area contributed by atoms with Crippen LogP contribution in [0, 0.1) is 6.92 Å². The number of hydrazine groups is 1. The number of aromatic nitrogens is 1. The van der Waals surface area contributed by atoms with Crippen molar-refractivity contribution in [3.05, 3.63) is 36.9 Å². The monoisotopic (exact) mass is 317 g/mol. The first-order chi connectivity index (χ1) is 7.70. The molecule has 0 aliphatic rings. The molecule has 0 fully saturated rings. The van der Waals surface area contributed by atoms with Crippen molar-refractivity contribution < 1.29 is 0 Å². The molecule has 0 saturated heterocycles. The van der Waals surface area contributed by atoms with Crippen LogP contribution in [0.5, 0.6) is 0 Å². The molecule has 2 heterocycles. The van der Waals surface area contributed by atoms with Gasteiger partial charge in [0.15, 0.2) is 0 Å². The van der Waals surface area contributed by atoms with Gasteiger partial charge in [0.1, 0.15) is 0 Å². The van der Waals surface area contributed by atoms with Gasteiger partial charge >= 0.3 is 0 Å². The average molecular weight is 318 g/mol. The molecule has 6 heteroatoms. The zero-order valence-corrected chi connectivity index (χ0v) is 12.0. The van der Waals surface area contributed by atoms with Gasteiger partial charge < -0.3 is 0 Å². The fraction of sp³-hybridized carbons (Fsp3) is 0.300. The summed E-state index contributed by atoms with van der Waals surface area (Å²) >= 11 is 6.95. The quantitative estimate of drug-likeness (QED) is 0.673. The SMILES string of the molecule is Cc1ncc(C(Cc2sccc2Br)NN)s1. The van der Waals surface area contributed by atoms with Gasteiger partial charge in [-0.1, -0.05) is 0 Å². The first-order valence-electron chi connectivity index (χ1n) is 4.81. The summed E-state index contributed by atoms with van der Waals surface area (Å²) in [5, 5.41) is 3.14.